The van der Waals surface area contributed by atoms with Crippen LogP contribution in [0, 0.1) is 0 Å². The third-order valence-electron chi connectivity index (χ3n) is 5.47. The van der Waals surface area contributed by atoms with Gasteiger partial charge in [-0.25, -0.2) is 0 Å². The zero-order chi connectivity index (χ0) is 21.7. The Hall–Kier alpha value is -3.06. The number of hydrogen-bond acceptors (Lipinski definition) is 5. The van der Waals surface area contributed by atoms with E-state index >= 15 is 0 Å². The van der Waals surface area contributed by atoms with Crippen molar-refractivity contribution in [2.45, 2.75) is 18.9 Å². The molecule has 0 fully saturated rings. The molecule has 3 rings (SSSR count). The van der Waals surface area contributed by atoms with Crippen molar-refractivity contribution in [3.63, 3.8) is 0 Å². The van der Waals surface area contributed by atoms with Crippen molar-refractivity contribution in [1.82, 2.24) is 10.2 Å². The van der Waals surface area contributed by atoms with E-state index in [1.807, 2.05) is 14.1 Å². The second kappa shape index (κ2) is 9.63. The van der Waals surface area contributed by atoms with Crippen molar-refractivity contribution in [2.24, 2.45) is 0 Å². The van der Waals surface area contributed by atoms with Crippen LogP contribution in [-0.2, 0) is 16.0 Å². The maximum atomic E-state index is 12.3. The van der Waals surface area contributed by atoms with E-state index in [0.29, 0.717) is 18.0 Å². The lowest BCUT2D eigenvalue weighted by atomic mass is 9.96. The molecule has 2 aromatic rings. The quantitative estimate of drug-likeness (QED) is 0.716. The summed E-state index contributed by atoms with van der Waals surface area (Å²) < 4.78 is 5.09. The highest BCUT2D eigenvalue weighted by molar-refractivity contribution is 6.39. The molecule has 1 aliphatic rings. The Morgan fingerprint density at radius 3 is 2.53 bits per heavy atom. The standard InChI is InChI=1S/C23H30N4O3/c1-26(2)21(17-7-12-20-16(14-17)6-5-13-27(20)3)15-24-22(28)23(29)25-18-8-10-19(30-4)11-9-18/h7-12,14,21H,5-6,13,15H2,1-4H3,(H,24,28)(H,25,29)/t21-/m0/s1. The SMILES string of the molecule is COc1ccc(NC(=O)C(=O)NC[C@@H](c2ccc3c(c2)CCCN3C)N(C)C)cc1. The van der Waals surface area contributed by atoms with Gasteiger partial charge < -0.3 is 25.2 Å². The summed E-state index contributed by atoms with van der Waals surface area (Å²) in [5.74, 6) is -0.664. The molecule has 1 atom stereocenters. The number of hydrogen-bond donors (Lipinski definition) is 2. The number of amides is 2. The molecule has 1 aliphatic heterocycles. The fourth-order valence-electron chi connectivity index (χ4n) is 3.74. The average molecular weight is 411 g/mol. The average Bonchev–Trinajstić information content (AvgIpc) is 2.74. The minimum atomic E-state index is -0.690. The lowest BCUT2D eigenvalue weighted by Crippen LogP contribution is -2.40. The summed E-state index contributed by atoms with van der Waals surface area (Å²) in [6.45, 7) is 1.42. The Kier molecular flexibility index (Phi) is 6.95. The minimum Gasteiger partial charge on any atom is -0.497 e. The van der Waals surface area contributed by atoms with Gasteiger partial charge in [0.2, 0.25) is 0 Å². The number of nitrogens with zero attached hydrogens (tertiary/aromatic N) is 2. The molecular weight excluding hydrogens is 380 g/mol. The zero-order valence-corrected chi connectivity index (χ0v) is 18.1. The number of carbonyl (C=O) groups is 2. The van der Waals surface area contributed by atoms with Gasteiger partial charge >= 0.3 is 11.8 Å². The van der Waals surface area contributed by atoms with Crippen LogP contribution in [0.4, 0.5) is 11.4 Å². The van der Waals surface area contributed by atoms with Gasteiger partial charge in [0.05, 0.1) is 13.2 Å². The van der Waals surface area contributed by atoms with E-state index in [-0.39, 0.29) is 6.04 Å². The van der Waals surface area contributed by atoms with E-state index in [1.165, 1.54) is 11.3 Å². The van der Waals surface area contributed by atoms with Gasteiger partial charge in [-0.05, 0) is 68.4 Å². The Balaban J connectivity index is 1.62. The number of likely N-dealkylation sites (N-methyl/N-ethyl adjacent to an activating group) is 1. The summed E-state index contributed by atoms with van der Waals surface area (Å²) in [4.78, 5) is 28.9. The molecule has 0 saturated heterocycles. The van der Waals surface area contributed by atoms with Crippen LogP contribution in [0.1, 0.15) is 23.6 Å². The molecule has 0 saturated carbocycles. The van der Waals surface area contributed by atoms with E-state index in [2.05, 4.69) is 45.7 Å². The molecule has 0 unspecified atom stereocenters. The monoisotopic (exact) mass is 410 g/mol. The third-order valence-corrected chi connectivity index (χ3v) is 5.47. The molecule has 7 nitrogen and oxygen atoms in total. The number of methoxy groups -OCH3 is 1. The van der Waals surface area contributed by atoms with Crippen molar-refractivity contribution in [2.75, 3.05) is 51.6 Å². The summed E-state index contributed by atoms with van der Waals surface area (Å²) in [5.41, 5.74) is 4.27. The summed E-state index contributed by atoms with van der Waals surface area (Å²) in [5, 5.41) is 5.37. The van der Waals surface area contributed by atoms with Gasteiger partial charge in [-0.2, -0.15) is 0 Å². The molecule has 2 amide bonds. The van der Waals surface area contributed by atoms with Gasteiger partial charge in [0.1, 0.15) is 5.75 Å². The van der Waals surface area contributed by atoms with E-state index < -0.39 is 11.8 Å². The van der Waals surface area contributed by atoms with Crippen molar-refractivity contribution in [1.29, 1.82) is 0 Å². The first-order chi connectivity index (χ1) is 14.4. The van der Waals surface area contributed by atoms with Crippen LogP contribution < -0.4 is 20.3 Å². The molecule has 2 N–H and O–H groups in total. The molecule has 1 heterocycles. The minimum absolute atomic E-state index is 0.0275. The second-order valence-electron chi connectivity index (χ2n) is 7.79. The van der Waals surface area contributed by atoms with Crippen LogP contribution in [0.25, 0.3) is 0 Å². The van der Waals surface area contributed by atoms with Gasteiger partial charge in [-0.15, -0.1) is 0 Å². The molecule has 0 radical (unpaired) electrons. The number of benzene rings is 2. The fraction of sp³-hybridized carbons (Fsp3) is 0.391. The highest BCUT2D eigenvalue weighted by Crippen LogP contribution is 2.29. The highest BCUT2D eigenvalue weighted by Gasteiger charge is 2.21. The summed E-state index contributed by atoms with van der Waals surface area (Å²) in [6.07, 6.45) is 2.20. The van der Waals surface area contributed by atoms with Crippen LogP contribution in [0.3, 0.4) is 0 Å². The maximum absolute atomic E-state index is 12.3. The number of nitrogens with one attached hydrogen (secondary N) is 2. The molecule has 2 aromatic carbocycles. The topological polar surface area (TPSA) is 73.9 Å². The van der Waals surface area contributed by atoms with Gasteiger partial charge in [0.25, 0.3) is 0 Å². The van der Waals surface area contributed by atoms with E-state index in [0.717, 1.165) is 24.9 Å². The fourth-order valence-corrected chi connectivity index (χ4v) is 3.74. The summed E-state index contributed by atoms with van der Waals surface area (Å²) >= 11 is 0. The van der Waals surface area contributed by atoms with Crippen molar-refractivity contribution < 1.29 is 14.3 Å². The van der Waals surface area contributed by atoms with Crippen LogP contribution >= 0.6 is 0 Å². The first-order valence-electron chi connectivity index (χ1n) is 10.1. The predicted octanol–water partition coefficient (Wildman–Crippen LogP) is 2.44. The molecule has 0 bridgehead atoms. The molecule has 160 valence electrons. The van der Waals surface area contributed by atoms with E-state index in [1.54, 1.807) is 31.4 Å². The predicted molar refractivity (Wildman–Crippen MR) is 119 cm³/mol. The summed E-state index contributed by atoms with van der Waals surface area (Å²) in [6, 6.07) is 13.3. The van der Waals surface area contributed by atoms with Crippen LogP contribution in [0.5, 0.6) is 5.75 Å². The third kappa shape index (κ3) is 5.10. The van der Waals surface area contributed by atoms with Gasteiger partial charge in [-0.1, -0.05) is 12.1 Å². The number of aryl methyl sites for hydroxylation is 1. The molecule has 0 spiro atoms. The Bertz CT molecular complexity index is 896. The summed E-state index contributed by atoms with van der Waals surface area (Å²) in [7, 11) is 7.63. The van der Waals surface area contributed by atoms with E-state index in [9.17, 15) is 9.59 Å². The number of rotatable bonds is 6. The molecule has 0 aliphatic carbocycles. The molecule has 30 heavy (non-hydrogen) atoms. The Labute approximate surface area is 178 Å². The smallest absolute Gasteiger partial charge is 0.313 e. The van der Waals surface area contributed by atoms with Crippen LogP contribution in [-0.4, -0.2) is 58.1 Å². The van der Waals surface area contributed by atoms with Crippen molar-refractivity contribution >= 4 is 23.2 Å². The van der Waals surface area contributed by atoms with Gasteiger partial charge in [0.15, 0.2) is 0 Å². The molecular formula is C23H30N4O3. The van der Waals surface area contributed by atoms with Gasteiger partial charge in [-0.3, -0.25) is 9.59 Å². The lowest BCUT2D eigenvalue weighted by Gasteiger charge is -2.30. The number of carbonyl (C=O) groups excluding carboxylic acids is 2. The maximum Gasteiger partial charge on any atom is 0.313 e. The normalized spacial score (nSPS) is 14.1. The van der Waals surface area contributed by atoms with Crippen molar-refractivity contribution in [3.05, 3.63) is 53.6 Å². The van der Waals surface area contributed by atoms with Crippen LogP contribution in [0.15, 0.2) is 42.5 Å². The Morgan fingerprint density at radius 2 is 1.87 bits per heavy atom. The lowest BCUT2D eigenvalue weighted by molar-refractivity contribution is -0.136. The molecule has 0 aromatic heterocycles. The molecule has 7 heteroatoms. The largest absolute Gasteiger partial charge is 0.497 e. The first-order valence-corrected chi connectivity index (χ1v) is 10.1. The number of fused-ring (bicyclic) bond motifs is 1. The zero-order valence-electron chi connectivity index (χ0n) is 18.1. The highest BCUT2D eigenvalue weighted by atomic mass is 16.5. The number of ether oxygens (including phenoxy) is 1. The second-order valence-corrected chi connectivity index (χ2v) is 7.79. The van der Waals surface area contributed by atoms with Crippen LogP contribution in [0.2, 0.25) is 0 Å². The first kappa shape index (κ1) is 21.6. The number of anilines is 2. The Morgan fingerprint density at radius 1 is 1.13 bits per heavy atom. The van der Waals surface area contributed by atoms with Crippen molar-refractivity contribution in [3.8, 4) is 5.75 Å². The van der Waals surface area contributed by atoms with E-state index in [4.69, 9.17) is 4.74 Å². The van der Waals surface area contributed by atoms with Gasteiger partial charge in [0, 0.05) is 31.5 Å².